The summed E-state index contributed by atoms with van der Waals surface area (Å²) in [6.07, 6.45) is 1.03. The minimum absolute atomic E-state index is 0.399. The molecule has 0 spiro atoms. The van der Waals surface area contributed by atoms with Crippen LogP contribution in [0.15, 0.2) is 12.1 Å². The largest absolute Gasteiger partial charge is 0.329 e. The van der Waals surface area contributed by atoms with E-state index in [0.717, 1.165) is 17.3 Å². The van der Waals surface area contributed by atoms with Gasteiger partial charge in [0.1, 0.15) is 0 Å². The van der Waals surface area contributed by atoms with Crippen LogP contribution in [0.4, 0.5) is 0 Å². The molecule has 1 aromatic rings. The number of thiophene rings is 1. The van der Waals surface area contributed by atoms with Gasteiger partial charge in [0.2, 0.25) is 0 Å². The molecule has 74 valence electrons. The van der Waals surface area contributed by atoms with Crippen molar-refractivity contribution >= 4 is 22.9 Å². The standard InChI is InChI=1S/C9H15ClN2S/c1-7(6-11)12-5-4-8-2-3-9(10)13-8/h2-3,7,12H,4-6,11H2,1H3. The maximum Gasteiger partial charge on any atom is 0.0931 e. The van der Waals surface area contributed by atoms with Gasteiger partial charge in [-0.25, -0.2) is 0 Å². The molecule has 0 amide bonds. The van der Waals surface area contributed by atoms with Gasteiger partial charge < -0.3 is 11.1 Å². The molecule has 0 aromatic carbocycles. The van der Waals surface area contributed by atoms with Crippen LogP contribution in [0.25, 0.3) is 0 Å². The molecule has 1 aromatic heterocycles. The molecule has 2 nitrogen and oxygen atoms in total. The summed E-state index contributed by atoms with van der Waals surface area (Å²) >= 11 is 7.45. The molecule has 1 rings (SSSR count). The van der Waals surface area contributed by atoms with E-state index < -0.39 is 0 Å². The molecule has 0 aliphatic heterocycles. The minimum Gasteiger partial charge on any atom is -0.329 e. The topological polar surface area (TPSA) is 38.0 Å². The molecular formula is C9H15ClN2S. The summed E-state index contributed by atoms with van der Waals surface area (Å²) in [6.45, 7) is 3.74. The van der Waals surface area contributed by atoms with Crippen molar-refractivity contribution in [1.82, 2.24) is 5.32 Å². The highest BCUT2D eigenvalue weighted by atomic mass is 35.5. The fourth-order valence-corrected chi connectivity index (χ4v) is 2.10. The zero-order valence-corrected chi connectivity index (χ0v) is 9.29. The van der Waals surface area contributed by atoms with Crippen molar-refractivity contribution in [2.45, 2.75) is 19.4 Å². The van der Waals surface area contributed by atoms with Crippen LogP contribution in [0.1, 0.15) is 11.8 Å². The summed E-state index contributed by atoms with van der Waals surface area (Å²) in [4.78, 5) is 1.32. The maximum atomic E-state index is 5.81. The lowest BCUT2D eigenvalue weighted by atomic mass is 10.3. The molecule has 3 N–H and O–H groups in total. The maximum absolute atomic E-state index is 5.81. The van der Waals surface area contributed by atoms with Gasteiger partial charge in [0, 0.05) is 24.0 Å². The Bertz CT molecular complexity index is 250. The number of nitrogens with two attached hydrogens (primary N) is 1. The number of hydrogen-bond donors (Lipinski definition) is 2. The minimum atomic E-state index is 0.399. The predicted octanol–water partition coefficient (Wildman–Crippen LogP) is 1.88. The SMILES string of the molecule is CC(CN)NCCc1ccc(Cl)s1. The zero-order chi connectivity index (χ0) is 9.68. The van der Waals surface area contributed by atoms with Crippen LogP contribution >= 0.6 is 22.9 Å². The molecule has 1 unspecified atom stereocenters. The van der Waals surface area contributed by atoms with E-state index in [1.807, 2.05) is 6.07 Å². The van der Waals surface area contributed by atoms with Gasteiger partial charge in [-0.05, 0) is 25.5 Å². The molecule has 13 heavy (non-hydrogen) atoms. The average Bonchev–Trinajstić information content (AvgIpc) is 2.51. The number of nitrogens with one attached hydrogen (secondary N) is 1. The summed E-state index contributed by atoms with van der Waals surface area (Å²) in [5.41, 5.74) is 5.47. The van der Waals surface area contributed by atoms with Crippen molar-refractivity contribution in [1.29, 1.82) is 0 Å². The molecule has 4 heteroatoms. The predicted molar refractivity (Wildman–Crippen MR) is 59.6 cm³/mol. The molecule has 1 atom stereocenters. The van der Waals surface area contributed by atoms with Crippen LogP contribution in [-0.4, -0.2) is 19.1 Å². The van der Waals surface area contributed by atoms with Crippen LogP contribution in [0, 0.1) is 0 Å². The first-order valence-electron chi connectivity index (χ1n) is 4.40. The first kappa shape index (κ1) is 11.0. The number of halogens is 1. The summed E-state index contributed by atoms with van der Waals surface area (Å²) in [5.74, 6) is 0. The highest BCUT2D eigenvalue weighted by molar-refractivity contribution is 7.16. The number of hydrogen-bond acceptors (Lipinski definition) is 3. The van der Waals surface area contributed by atoms with Gasteiger partial charge in [0.25, 0.3) is 0 Å². The summed E-state index contributed by atoms with van der Waals surface area (Å²) < 4.78 is 0.863. The number of rotatable bonds is 5. The van der Waals surface area contributed by atoms with Gasteiger partial charge in [-0.1, -0.05) is 11.6 Å². The van der Waals surface area contributed by atoms with Gasteiger partial charge in [0.05, 0.1) is 4.34 Å². The van der Waals surface area contributed by atoms with Gasteiger partial charge in [-0.2, -0.15) is 0 Å². The smallest absolute Gasteiger partial charge is 0.0931 e. The Labute approximate surface area is 88.1 Å². The van der Waals surface area contributed by atoms with Crippen molar-refractivity contribution in [3.63, 3.8) is 0 Å². The van der Waals surface area contributed by atoms with E-state index in [4.69, 9.17) is 17.3 Å². The highest BCUT2D eigenvalue weighted by Gasteiger charge is 1.99. The van der Waals surface area contributed by atoms with E-state index in [1.54, 1.807) is 11.3 Å². The monoisotopic (exact) mass is 218 g/mol. The van der Waals surface area contributed by atoms with Crippen LogP contribution < -0.4 is 11.1 Å². The van der Waals surface area contributed by atoms with Crippen molar-refractivity contribution in [3.05, 3.63) is 21.3 Å². The Kier molecular flexibility index (Phi) is 4.73. The Morgan fingerprint density at radius 2 is 2.38 bits per heavy atom. The summed E-state index contributed by atoms with van der Waals surface area (Å²) in [6, 6.07) is 4.41. The Morgan fingerprint density at radius 1 is 1.62 bits per heavy atom. The van der Waals surface area contributed by atoms with Gasteiger partial charge >= 0.3 is 0 Å². The molecule has 0 fully saturated rings. The lowest BCUT2D eigenvalue weighted by Crippen LogP contribution is -2.34. The zero-order valence-electron chi connectivity index (χ0n) is 7.72. The average molecular weight is 219 g/mol. The Balaban J connectivity index is 2.20. The molecular weight excluding hydrogens is 204 g/mol. The van der Waals surface area contributed by atoms with E-state index in [1.165, 1.54) is 4.88 Å². The lowest BCUT2D eigenvalue weighted by Gasteiger charge is -2.09. The van der Waals surface area contributed by atoms with E-state index in [2.05, 4.69) is 18.3 Å². The Hall–Kier alpha value is -0.0900. The van der Waals surface area contributed by atoms with E-state index in [0.29, 0.717) is 12.6 Å². The molecule has 0 saturated carbocycles. The second kappa shape index (κ2) is 5.60. The van der Waals surface area contributed by atoms with Crippen molar-refractivity contribution in [3.8, 4) is 0 Å². The van der Waals surface area contributed by atoms with Gasteiger partial charge in [-0.3, -0.25) is 0 Å². The molecule has 0 saturated heterocycles. The fourth-order valence-electron chi connectivity index (χ4n) is 1.01. The first-order valence-corrected chi connectivity index (χ1v) is 5.59. The van der Waals surface area contributed by atoms with Crippen molar-refractivity contribution in [2.24, 2.45) is 5.73 Å². The molecule has 1 heterocycles. The third-order valence-electron chi connectivity index (χ3n) is 1.85. The second-order valence-electron chi connectivity index (χ2n) is 3.05. The van der Waals surface area contributed by atoms with Crippen LogP contribution in [-0.2, 0) is 6.42 Å². The van der Waals surface area contributed by atoms with E-state index in [-0.39, 0.29) is 0 Å². The third-order valence-corrected chi connectivity index (χ3v) is 3.14. The quantitative estimate of drug-likeness (QED) is 0.792. The van der Waals surface area contributed by atoms with E-state index in [9.17, 15) is 0 Å². The third kappa shape index (κ3) is 4.09. The van der Waals surface area contributed by atoms with E-state index >= 15 is 0 Å². The van der Waals surface area contributed by atoms with Crippen LogP contribution in [0.3, 0.4) is 0 Å². The van der Waals surface area contributed by atoms with Crippen molar-refractivity contribution in [2.75, 3.05) is 13.1 Å². The van der Waals surface area contributed by atoms with Gasteiger partial charge in [-0.15, -0.1) is 11.3 Å². The lowest BCUT2D eigenvalue weighted by molar-refractivity contribution is 0.560. The highest BCUT2D eigenvalue weighted by Crippen LogP contribution is 2.21. The van der Waals surface area contributed by atoms with Crippen molar-refractivity contribution < 1.29 is 0 Å². The van der Waals surface area contributed by atoms with Crippen LogP contribution in [0.5, 0.6) is 0 Å². The molecule has 0 bridgehead atoms. The summed E-state index contributed by atoms with van der Waals surface area (Å²) in [7, 11) is 0. The molecule has 0 aliphatic rings. The normalized spacial score (nSPS) is 13.2. The second-order valence-corrected chi connectivity index (χ2v) is 4.85. The summed E-state index contributed by atoms with van der Waals surface area (Å²) in [5, 5.41) is 3.33. The molecule has 0 aliphatic carbocycles. The Morgan fingerprint density at radius 3 is 2.92 bits per heavy atom. The molecule has 0 radical (unpaired) electrons. The fraction of sp³-hybridized carbons (Fsp3) is 0.556. The van der Waals surface area contributed by atoms with Crippen LogP contribution in [0.2, 0.25) is 4.34 Å². The first-order chi connectivity index (χ1) is 6.22. The van der Waals surface area contributed by atoms with Gasteiger partial charge in [0.15, 0.2) is 0 Å².